The van der Waals surface area contributed by atoms with Crippen LogP contribution >= 0.6 is 0 Å². The summed E-state index contributed by atoms with van der Waals surface area (Å²) in [6, 6.07) is 16.7. The molecule has 118 valence electrons. The summed E-state index contributed by atoms with van der Waals surface area (Å²) in [6.45, 7) is 1.50. The third-order valence-electron chi connectivity index (χ3n) is 3.35. The summed E-state index contributed by atoms with van der Waals surface area (Å²) in [5, 5.41) is 22.7. The van der Waals surface area contributed by atoms with Gasteiger partial charge in [0.1, 0.15) is 5.92 Å². The van der Waals surface area contributed by atoms with Crippen molar-refractivity contribution in [2.75, 3.05) is 10.6 Å². The lowest BCUT2D eigenvalue weighted by Crippen LogP contribution is -2.31. The molecule has 0 aliphatic rings. The van der Waals surface area contributed by atoms with Gasteiger partial charge in [0.2, 0.25) is 11.8 Å². The molecule has 2 aromatic rings. The largest absolute Gasteiger partial charge is 0.325 e. The fourth-order valence-electron chi connectivity index (χ4n) is 1.88. The Labute approximate surface area is 139 Å². The monoisotopic (exact) mass is 318 g/mol. The number of nitrogens with one attached hydrogen (secondary N) is 2. The molecule has 0 aliphatic carbocycles. The maximum atomic E-state index is 12.1. The van der Waals surface area contributed by atoms with E-state index in [0.717, 1.165) is 0 Å². The molecule has 0 saturated carbocycles. The minimum atomic E-state index is -0.906. The van der Waals surface area contributed by atoms with Crippen molar-refractivity contribution in [1.82, 2.24) is 0 Å². The average molecular weight is 318 g/mol. The predicted octanol–water partition coefficient (Wildman–Crippen LogP) is 2.64. The van der Waals surface area contributed by atoms with E-state index >= 15 is 0 Å². The zero-order chi connectivity index (χ0) is 17.5. The zero-order valence-electron chi connectivity index (χ0n) is 12.9. The number of rotatable bonds is 4. The Bertz CT molecular complexity index is 756. The van der Waals surface area contributed by atoms with Crippen LogP contribution in [0.25, 0.3) is 0 Å². The summed E-state index contributed by atoms with van der Waals surface area (Å²) >= 11 is 0. The topological polar surface area (TPSA) is 106 Å². The van der Waals surface area contributed by atoms with E-state index in [1.807, 2.05) is 12.1 Å². The number of carbonyl (C=O) groups is 2. The first kappa shape index (κ1) is 16.7. The van der Waals surface area contributed by atoms with Gasteiger partial charge in [0.05, 0.1) is 23.3 Å². The summed E-state index contributed by atoms with van der Waals surface area (Å²) in [5.41, 5.74) is 1.99. The van der Waals surface area contributed by atoms with E-state index in [4.69, 9.17) is 10.5 Å². The van der Waals surface area contributed by atoms with Gasteiger partial charge in [0.15, 0.2) is 0 Å². The Balaban J connectivity index is 1.97. The van der Waals surface area contributed by atoms with E-state index in [0.29, 0.717) is 22.5 Å². The molecule has 6 nitrogen and oxygen atoms in total. The Kier molecular flexibility index (Phi) is 5.28. The van der Waals surface area contributed by atoms with Gasteiger partial charge in [-0.05, 0) is 55.5 Å². The zero-order valence-corrected chi connectivity index (χ0v) is 12.9. The summed E-state index contributed by atoms with van der Waals surface area (Å²) < 4.78 is 0. The molecule has 2 aromatic carbocycles. The number of nitriles is 2. The van der Waals surface area contributed by atoms with Gasteiger partial charge in [0, 0.05) is 11.4 Å². The van der Waals surface area contributed by atoms with Crippen LogP contribution in [-0.4, -0.2) is 11.8 Å². The number of anilines is 2. The highest BCUT2D eigenvalue weighted by Gasteiger charge is 2.21. The van der Waals surface area contributed by atoms with Gasteiger partial charge in [-0.3, -0.25) is 9.59 Å². The maximum Gasteiger partial charge on any atom is 0.236 e. The third kappa shape index (κ3) is 4.19. The average Bonchev–Trinajstić information content (AvgIpc) is 2.62. The quantitative estimate of drug-likeness (QED) is 0.845. The van der Waals surface area contributed by atoms with Crippen molar-refractivity contribution in [3.63, 3.8) is 0 Å². The van der Waals surface area contributed by atoms with Crippen molar-refractivity contribution in [1.29, 1.82) is 10.5 Å². The van der Waals surface area contributed by atoms with E-state index in [1.165, 1.54) is 6.92 Å². The lowest BCUT2D eigenvalue weighted by atomic mass is 10.1. The van der Waals surface area contributed by atoms with Crippen LogP contribution in [0.2, 0.25) is 0 Å². The lowest BCUT2D eigenvalue weighted by molar-refractivity contribution is -0.128. The number of hydrogen-bond donors (Lipinski definition) is 2. The number of hydrogen-bond acceptors (Lipinski definition) is 4. The van der Waals surface area contributed by atoms with E-state index in [2.05, 4.69) is 10.6 Å². The molecule has 0 heterocycles. The first-order chi connectivity index (χ1) is 11.5. The first-order valence-corrected chi connectivity index (χ1v) is 7.15. The highest BCUT2D eigenvalue weighted by Crippen LogP contribution is 2.13. The van der Waals surface area contributed by atoms with E-state index < -0.39 is 17.7 Å². The van der Waals surface area contributed by atoms with Gasteiger partial charge in [-0.15, -0.1) is 0 Å². The van der Waals surface area contributed by atoms with Crippen molar-refractivity contribution >= 4 is 23.2 Å². The molecular weight excluding hydrogens is 304 g/mol. The van der Waals surface area contributed by atoms with Crippen LogP contribution in [0, 0.1) is 28.6 Å². The minimum absolute atomic E-state index is 0.453. The van der Waals surface area contributed by atoms with Crippen molar-refractivity contribution < 1.29 is 9.59 Å². The molecule has 0 aromatic heterocycles. The molecule has 24 heavy (non-hydrogen) atoms. The molecule has 0 saturated heterocycles. The first-order valence-electron chi connectivity index (χ1n) is 7.15. The van der Waals surface area contributed by atoms with Crippen molar-refractivity contribution in [3.8, 4) is 12.1 Å². The molecular formula is C18H14N4O2. The van der Waals surface area contributed by atoms with Crippen molar-refractivity contribution in [2.45, 2.75) is 6.92 Å². The van der Waals surface area contributed by atoms with E-state index in [1.54, 1.807) is 48.5 Å². The van der Waals surface area contributed by atoms with Crippen molar-refractivity contribution in [2.24, 2.45) is 5.92 Å². The molecule has 0 unspecified atom stereocenters. The number of benzene rings is 2. The van der Waals surface area contributed by atoms with Crippen LogP contribution < -0.4 is 10.6 Å². The van der Waals surface area contributed by atoms with E-state index in [9.17, 15) is 9.59 Å². The minimum Gasteiger partial charge on any atom is -0.325 e. The Morgan fingerprint density at radius 1 is 0.792 bits per heavy atom. The number of amides is 2. The van der Waals surface area contributed by atoms with Crippen LogP contribution in [0.15, 0.2) is 48.5 Å². The van der Waals surface area contributed by atoms with Crippen LogP contribution in [-0.2, 0) is 9.59 Å². The number of nitrogens with zero attached hydrogens (tertiary/aromatic N) is 2. The summed E-state index contributed by atoms with van der Waals surface area (Å²) in [6.07, 6.45) is 0. The Morgan fingerprint density at radius 2 is 1.12 bits per heavy atom. The third-order valence-corrected chi connectivity index (χ3v) is 3.35. The second kappa shape index (κ2) is 7.57. The van der Waals surface area contributed by atoms with Gasteiger partial charge in [-0.2, -0.15) is 10.5 Å². The molecule has 2 rings (SSSR count). The molecule has 2 amide bonds. The predicted molar refractivity (Wildman–Crippen MR) is 88.7 cm³/mol. The SMILES string of the molecule is CC(C(=O)Nc1ccc(C#N)cc1)C(=O)Nc1ccc(C#N)cc1. The van der Waals surface area contributed by atoms with Crippen molar-refractivity contribution in [3.05, 3.63) is 59.7 Å². The van der Waals surface area contributed by atoms with Gasteiger partial charge >= 0.3 is 0 Å². The molecule has 0 atom stereocenters. The molecule has 0 radical (unpaired) electrons. The molecule has 0 bridgehead atoms. The highest BCUT2D eigenvalue weighted by molar-refractivity contribution is 6.10. The van der Waals surface area contributed by atoms with Crippen LogP contribution in [0.3, 0.4) is 0 Å². The standard InChI is InChI=1S/C18H14N4O2/c1-12(17(23)21-15-6-2-13(10-19)3-7-15)18(24)22-16-8-4-14(11-20)5-9-16/h2-9,12H,1H3,(H,21,23)(H,22,24). The summed E-state index contributed by atoms with van der Waals surface area (Å²) in [7, 11) is 0. The number of carbonyl (C=O) groups excluding carboxylic acids is 2. The van der Waals surface area contributed by atoms with Gasteiger partial charge in [-0.1, -0.05) is 0 Å². The maximum absolute atomic E-state index is 12.1. The summed E-state index contributed by atoms with van der Waals surface area (Å²) in [5.74, 6) is -1.81. The van der Waals surface area contributed by atoms with Gasteiger partial charge in [-0.25, -0.2) is 0 Å². The van der Waals surface area contributed by atoms with Crippen LogP contribution in [0.5, 0.6) is 0 Å². The smallest absolute Gasteiger partial charge is 0.236 e. The fourth-order valence-corrected chi connectivity index (χ4v) is 1.88. The molecule has 6 heteroatoms. The fraction of sp³-hybridized carbons (Fsp3) is 0.111. The van der Waals surface area contributed by atoms with Crippen LogP contribution in [0.4, 0.5) is 11.4 Å². The Hall–Kier alpha value is -3.64. The van der Waals surface area contributed by atoms with Gasteiger partial charge in [0.25, 0.3) is 0 Å². The summed E-state index contributed by atoms with van der Waals surface area (Å²) in [4.78, 5) is 24.2. The lowest BCUT2D eigenvalue weighted by Gasteiger charge is -2.13. The molecule has 0 spiro atoms. The Morgan fingerprint density at radius 3 is 1.42 bits per heavy atom. The molecule has 0 fully saturated rings. The molecule has 0 aliphatic heterocycles. The second-order valence-corrected chi connectivity index (χ2v) is 5.08. The van der Waals surface area contributed by atoms with Crippen LogP contribution in [0.1, 0.15) is 18.1 Å². The highest BCUT2D eigenvalue weighted by atomic mass is 16.2. The second-order valence-electron chi connectivity index (χ2n) is 5.08. The normalized spacial score (nSPS) is 9.67. The van der Waals surface area contributed by atoms with E-state index in [-0.39, 0.29) is 0 Å². The van der Waals surface area contributed by atoms with Gasteiger partial charge < -0.3 is 10.6 Å². The molecule has 2 N–H and O–H groups in total.